The maximum Gasteiger partial charge on any atom is 0.0268 e. The second-order valence-corrected chi connectivity index (χ2v) is 4.26. The van der Waals surface area contributed by atoms with Crippen molar-refractivity contribution in [3.8, 4) is 0 Å². The van der Waals surface area contributed by atoms with Crippen molar-refractivity contribution in [2.24, 2.45) is 0 Å². The van der Waals surface area contributed by atoms with E-state index in [4.69, 9.17) is 24.4 Å². The van der Waals surface area contributed by atoms with E-state index in [-0.39, 0.29) is 0 Å². The lowest BCUT2D eigenvalue weighted by Gasteiger charge is -2.16. The van der Waals surface area contributed by atoms with Crippen LogP contribution in [-0.2, 0) is 0 Å². The van der Waals surface area contributed by atoms with E-state index in [1.165, 1.54) is 0 Å². The quantitative estimate of drug-likeness (QED) is 0.618. The molecule has 0 saturated heterocycles. The molecule has 0 atom stereocenters. The van der Waals surface area contributed by atoms with Crippen LogP contribution in [0.15, 0.2) is 47.6 Å². The zero-order valence-corrected chi connectivity index (χ0v) is 9.33. The second-order valence-electron chi connectivity index (χ2n) is 3.27. The Morgan fingerprint density at radius 3 is 1.57 bits per heavy atom. The summed E-state index contributed by atoms with van der Waals surface area (Å²) < 4.78 is 0. The van der Waals surface area contributed by atoms with E-state index in [9.17, 15) is 0 Å². The minimum absolute atomic E-state index is 0.866. The highest BCUT2D eigenvalue weighted by atomic mass is 32.1. The number of hydrogen-bond acceptors (Lipinski definition) is 2. The molecule has 0 bridgehead atoms. The molecule has 0 saturated carbocycles. The van der Waals surface area contributed by atoms with Crippen LogP contribution in [0.2, 0.25) is 0 Å². The monoisotopic (exact) mass is 218 g/mol. The highest BCUT2D eigenvalue weighted by molar-refractivity contribution is 7.81. The van der Waals surface area contributed by atoms with Crippen molar-refractivity contribution in [1.82, 2.24) is 0 Å². The van der Waals surface area contributed by atoms with Crippen LogP contribution in [0, 0.1) is 0 Å². The fraction of sp³-hybridized carbons (Fsp3) is 0.167. The summed E-state index contributed by atoms with van der Waals surface area (Å²) in [6.45, 7) is 0. The zero-order valence-electron chi connectivity index (χ0n) is 7.69. The SMILES string of the molecule is S=C1CC=CC=C1C1=CC=CCC1=S. The Bertz CT molecular complexity index is 366. The standard InChI is InChI=1S/C12H10S2/c13-11-7-3-1-5-9(11)10-6-2-4-8-12(10)14/h1-6H,7-8H2. The predicted molar refractivity (Wildman–Crippen MR) is 68.9 cm³/mol. The van der Waals surface area contributed by atoms with Crippen LogP contribution < -0.4 is 0 Å². The highest BCUT2D eigenvalue weighted by Crippen LogP contribution is 2.23. The van der Waals surface area contributed by atoms with Gasteiger partial charge in [0, 0.05) is 22.6 Å². The van der Waals surface area contributed by atoms with E-state index in [0.29, 0.717) is 0 Å². The Balaban J connectivity index is 2.38. The van der Waals surface area contributed by atoms with Gasteiger partial charge in [0.05, 0.1) is 0 Å². The molecule has 0 N–H and O–H groups in total. The van der Waals surface area contributed by atoms with Crippen LogP contribution in [0.1, 0.15) is 12.8 Å². The van der Waals surface area contributed by atoms with Crippen molar-refractivity contribution in [2.75, 3.05) is 0 Å². The Kier molecular flexibility index (Phi) is 2.85. The molecule has 0 aromatic heterocycles. The van der Waals surface area contributed by atoms with Gasteiger partial charge in [-0.3, -0.25) is 0 Å². The van der Waals surface area contributed by atoms with Gasteiger partial charge < -0.3 is 0 Å². The molecule has 2 aliphatic rings. The van der Waals surface area contributed by atoms with E-state index < -0.39 is 0 Å². The minimum Gasteiger partial charge on any atom is -0.0839 e. The minimum atomic E-state index is 0.866. The summed E-state index contributed by atoms with van der Waals surface area (Å²) in [7, 11) is 0. The smallest absolute Gasteiger partial charge is 0.0268 e. The maximum atomic E-state index is 5.32. The summed E-state index contributed by atoms with van der Waals surface area (Å²) >= 11 is 10.6. The van der Waals surface area contributed by atoms with Gasteiger partial charge >= 0.3 is 0 Å². The van der Waals surface area contributed by atoms with Gasteiger partial charge in [0.25, 0.3) is 0 Å². The van der Waals surface area contributed by atoms with Gasteiger partial charge in [-0.1, -0.05) is 60.9 Å². The predicted octanol–water partition coefficient (Wildman–Crippen LogP) is 3.50. The number of hydrogen-bond donors (Lipinski definition) is 0. The Hall–Kier alpha value is -0.860. The lowest BCUT2D eigenvalue weighted by atomic mass is 9.91. The van der Waals surface area contributed by atoms with Gasteiger partial charge in [0.1, 0.15) is 0 Å². The van der Waals surface area contributed by atoms with Gasteiger partial charge in [-0.2, -0.15) is 0 Å². The van der Waals surface area contributed by atoms with E-state index in [2.05, 4.69) is 24.3 Å². The van der Waals surface area contributed by atoms with Crippen LogP contribution in [0.25, 0.3) is 0 Å². The molecule has 70 valence electrons. The van der Waals surface area contributed by atoms with E-state index >= 15 is 0 Å². The molecule has 0 spiro atoms. The van der Waals surface area contributed by atoms with Gasteiger partial charge in [-0.15, -0.1) is 0 Å². The summed E-state index contributed by atoms with van der Waals surface area (Å²) in [6, 6.07) is 0. The highest BCUT2D eigenvalue weighted by Gasteiger charge is 2.15. The summed E-state index contributed by atoms with van der Waals surface area (Å²) in [6.07, 6.45) is 14.1. The molecule has 0 nitrogen and oxygen atoms in total. The Morgan fingerprint density at radius 1 is 0.786 bits per heavy atom. The fourth-order valence-corrected chi connectivity index (χ4v) is 2.11. The van der Waals surface area contributed by atoms with Crippen molar-refractivity contribution in [3.63, 3.8) is 0 Å². The van der Waals surface area contributed by atoms with Crippen LogP contribution in [-0.4, -0.2) is 9.73 Å². The Labute approximate surface area is 94.7 Å². The van der Waals surface area contributed by atoms with Crippen molar-refractivity contribution in [2.45, 2.75) is 12.8 Å². The van der Waals surface area contributed by atoms with Crippen molar-refractivity contribution in [3.05, 3.63) is 47.6 Å². The first-order valence-electron chi connectivity index (χ1n) is 4.59. The topological polar surface area (TPSA) is 0 Å². The van der Waals surface area contributed by atoms with E-state index in [1.54, 1.807) is 0 Å². The first-order chi connectivity index (χ1) is 6.79. The molecule has 0 heterocycles. The second kappa shape index (κ2) is 4.11. The molecular formula is C12H10S2. The third-order valence-electron chi connectivity index (χ3n) is 2.30. The fourth-order valence-electron chi connectivity index (χ4n) is 1.56. The molecule has 0 aromatic carbocycles. The summed E-state index contributed by atoms with van der Waals surface area (Å²) in [5.74, 6) is 0. The number of thiocarbonyl (C=S) groups is 2. The maximum absolute atomic E-state index is 5.32. The number of allylic oxidation sites excluding steroid dienone is 8. The molecule has 0 radical (unpaired) electrons. The molecule has 14 heavy (non-hydrogen) atoms. The lowest BCUT2D eigenvalue weighted by Crippen LogP contribution is -2.11. The van der Waals surface area contributed by atoms with Crippen molar-refractivity contribution >= 4 is 34.2 Å². The molecule has 2 rings (SSSR count). The first-order valence-corrected chi connectivity index (χ1v) is 5.41. The molecule has 0 aliphatic heterocycles. The zero-order chi connectivity index (χ0) is 9.97. The molecule has 0 unspecified atom stereocenters. The molecule has 0 fully saturated rings. The van der Waals surface area contributed by atoms with Gasteiger partial charge in [-0.25, -0.2) is 0 Å². The largest absolute Gasteiger partial charge is 0.0839 e. The van der Waals surface area contributed by atoms with Crippen LogP contribution >= 0.6 is 24.4 Å². The lowest BCUT2D eigenvalue weighted by molar-refractivity contribution is 1.40. The average Bonchev–Trinajstić information content (AvgIpc) is 2.20. The third kappa shape index (κ3) is 1.81. The number of rotatable bonds is 1. The normalized spacial score (nSPS) is 20.9. The molecule has 0 amide bonds. The van der Waals surface area contributed by atoms with Gasteiger partial charge in [0.15, 0.2) is 0 Å². The Morgan fingerprint density at radius 2 is 1.21 bits per heavy atom. The van der Waals surface area contributed by atoms with Gasteiger partial charge in [0.2, 0.25) is 0 Å². The molecule has 0 aromatic rings. The summed E-state index contributed by atoms with van der Waals surface area (Å²) in [4.78, 5) is 1.99. The van der Waals surface area contributed by atoms with Crippen molar-refractivity contribution in [1.29, 1.82) is 0 Å². The molecular weight excluding hydrogens is 208 g/mol. The van der Waals surface area contributed by atoms with E-state index in [0.717, 1.165) is 33.7 Å². The van der Waals surface area contributed by atoms with Gasteiger partial charge in [-0.05, 0) is 11.1 Å². The summed E-state index contributed by atoms with van der Waals surface area (Å²) in [5, 5.41) is 0. The summed E-state index contributed by atoms with van der Waals surface area (Å²) in [5.41, 5.74) is 2.27. The van der Waals surface area contributed by atoms with E-state index in [1.807, 2.05) is 12.2 Å². The average molecular weight is 218 g/mol. The molecule has 2 heteroatoms. The first kappa shape index (κ1) is 9.69. The third-order valence-corrected chi connectivity index (χ3v) is 3.07. The van der Waals surface area contributed by atoms with Crippen LogP contribution in [0.3, 0.4) is 0 Å². The van der Waals surface area contributed by atoms with Crippen LogP contribution in [0.4, 0.5) is 0 Å². The van der Waals surface area contributed by atoms with Crippen LogP contribution in [0.5, 0.6) is 0 Å². The molecule has 2 aliphatic carbocycles. The van der Waals surface area contributed by atoms with Crippen molar-refractivity contribution < 1.29 is 0 Å².